The van der Waals surface area contributed by atoms with Crippen LogP contribution in [0.4, 0.5) is 0 Å². The lowest BCUT2D eigenvalue weighted by atomic mass is 10.3. The topological polar surface area (TPSA) is 82.3 Å². The van der Waals surface area contributed by atoms with Crippen LogP contribution in [0.5, 0.6) is 0 Å². The third kappa shape index (κ3) is 4.67. The molecule has 5 heteroatoms. The lowest BCUT2D eigenvalue weighted by Crippen LogP contribution is -2.35. The molecule has 0 unspecified atom stereocenters. The van der Waals surface area contributed by atoms with E-state index >= 15 is 0 Å². The van der Waals surface area contributed by atoms with Gasteiger partial charge in [-0.05, 0) is 17.5 Å². The summed E-state index contributed by atoms with van der Waals surface area (Å²) in [5.74, 6) is 4.23. The first-order chi connectivity index (χ1) is 8.13. The van der Waals surface area contributed by atoms with Crippen molar-refractivity contribution < 1.29 is 9.90 Å². The van der Waals surface area contributed by atoms with Gasteiger partial charge in [-0.15, -0.1) is 0 Å². The summed E-state index contributed by atoms with van der Waals surface area (Å²) in [5.41, 5.74) is 1.21. The van der Waals surface area contributed by atoms with E-state index in [9.17, 15) is 4.79 Å². The predicted octanol–water partition coefficient (Wildman–Crippen LogP) is 1.43. The Morgan fingerprint density at radius 2 is 2.12 bits per heavy atom. The normalized spacial score (nSPS) is 10.1. The third-order valence-electron chi connectivity index (χ3n) is 2.21. The van der Waals surface area contributed by atoms with E-state index in [0.717, 1.165) is 0 Å². The monoisotopic (exact) mass is 235 g/mol. The average molecular weight is 235 g/mol. The van der Waals surface area contributed by atoms with Gasteiger partial charge in [0.15, 0.2) is 0 Å². The van der Waals surface area contributed by atoms with Crippen LogP contribution in [0.15, 0.2) is 36.5 Å². The van der Waals surface area contributed by atoms with E-state index < -0.39 is 5.97 Å². The Labute approximate surface area is 99.8 Å². The fourth-order valence-electron chi connectivity index (χ4n) is 1.28. The van der Waals surface area contributed by atoms with E-state index in [1.54, 1.807) is 6.92 Å². The number of nitrogens with one attached hydrogen (secondary N) is 1. The molecule has 0 bridgehead atoms. The molecule has 1 aromatic carbocycles. The van der Waals surface area contributed by atoms with E-state index in [2.05, 4.69) is 23.2 Å². The zero-order valence-electron chi connectivity index (χ0n) is 9.76. The standard InChI is InChI=1S/C8H7N.C4H10N2O2/c1-2-4-8-7(3-1)5-6-9-8;1-2-6(5)3-4(7)8/h1-6,9H;2-3,5H2,1H3,(H,7,8). The fraction of sp³-hybridized carbons (Fsp3) is 0.250. The number of nitrogens with zero attached hydrogens (tertiary/aromatic N) is 1. The number of H-pyrrole nitrogens is 1. The summed E-state index contributed by atoms with van der Waals surface area (Å²) in [6, 6.07) is 10.3. The quantitative estimate of drug-likeness (QED) is 0.555. The van der Waals surface area contributed by atoms with Gasteiger partial charge >= 0.3 is 5.97 Å². The number of carboxylic acid groups (broad SMARTS) is 1. The smallest absolute Gasteiger partial charge is 0.319 e. The molecule has 0 aliphatic heterocycles. The van der Waals surface area contributed by atoms with Crippen molar-refractivity contribution in [3.05, 3.63) is 36.5 Å². The number of hydrogen-bond acceptors (Lipinski definition) is 3. The second kappa shape index (κ2) is 6.67. The molecule has 0 aliphatic carbocycles. The number of para-hydroxylation sites is 1. The number of likely N-dealkylation sites (N-methyl/N-ethyl adjacent to an activating group) is 1. The van der Waals surface area contributed by atoms with E-state index in [1.807, 2.05) is 18.3 Å². The molecule has 0 atom stereocenters. The molecule has 0 radical (unpaired) electrons. The molecule has 1 aromatic heterocycles. The lowest BCUT2D eigenvalue weighted by molar-refractivity contribution is -0.138. The molecule has 92 valence electrons. The highest BCUT2D eigenvalue weighted by atomic mass is 16.4. The van der Waals surface area contributed by atoms with Gasteiger partial charge in [0.2, 0.25) is 0 Å². The Bertz CT molecular complexity index is 437. The van der Waals surface area contributed by atoms with Gasteiger partial charge < -0.3 is 10.1 Å². The van der Waals surface area contributed by atoms with Gasteiger partial charge in [-0.2, -0.15) is 0 Å². The number of aliphatic carboxylic acids is 1. The number of benzene rings is 1. The molecule has 0 saturated carbocycles. The Hall–Kier alpha value is -1.85. The Morgan fingerprint density at radius 1 is 1.41 bits per heavy atom. The first kappa shape index (κ1) is 13.2. The number of nitrogens with two attached hydrogens (primary N) is 1. The Morgan fingerprint density at radius 3 is 2.65 bits per heavy atom. The number of aromatic amines is 1. The van der Waals surface area contributed by atoms with Crippen LogP contribution in [0.3, 0.4) is 0 Å². The molecule has 0 saturated heterocycles. The molecule has 0 fully saturated rings. The van der Waals surface area contributed by atoms with Gasteiger partial charge in [-0.25, -0.2) is 5.01 Å². The van der Waals surface area contributed by atoms with Crippen LogP contribution < -0.4 is 5.84 Å². The van der Waals surface area contributed by atoms with E-state index in [-0.39, 0.29) is 6.54 Å². The summed E-state index contributed by atoms with van der Waals surface area (Å²) in [5, 5.41) is 10.6. The zero-order valence-corrected chi connectivity index (χ0v) is 9.76. The molecule has 5 nitrogen and oxygen atoms in total. The van der Waals surface area contributed by atoms with Gasteiger partial charge in [-0.3, -0.25) is 10.6 Å². The minimum atomic E-state index is -0.894. The third-order valence-corrected chi connectivity index (χ3v) is 2.21. The van der Waals surface area contributed by atoms with Crippen LogP contribution in [0.1, 0.15) is 6.92 Å². The molecule has 1 heterocycles. The summed E-state index contributed by atoms with van der Waals surface area (Å²) in [6.07, 6.45) is 1.95. The molecule has 0 amide bonds. The summed E-state index contributed by atoms with van der Waals surface area (Å²) in [6.45, 7) is 2.27. The number of hydrogen-bond donors (Lipinski definition) is 3. The van der Waals surface area contributed by atoms with Gasteiger partial charge in [0.05, 0.1) is 0 Å². The summed E-state index contributed by atoms with van der Waals surface area (Å²) < 4.78 is 0. The van der Waals surface area contributed by atoms with Crippen molar-refractivity contribution in [2.75, 3.05) is 13.1 Å². The van der Waals surface area contributed by atoms with Gasteiger partial charge in [0.1, 0.15) is 6.54 Å². The minimum absolute atomic E-state index is 0.0868. The van der Waals surface area contributed by atoms with E-state index in [0.29, 0.717) is 6.54 Å². The number of hydrazine groups is 1. The molecule has 0 spiro atoms. The fourth-order valence-corrected chi connectivity index (χ4v) is 1.28. The maximum atomic E-state index is 9.85. The highest BCUT2D eigenvalue weighted by Gasteiger charge is 1.99. The van der Waals surface area contributed by atoms with Crippen molar-refractivity contribution in [2.45, 2.75) is 6.92 Å². The van der Waals surface area contributed by atoms with Crippen LogP contribution in [0, 0.1) is 0 Å². The van der Waals surface area contributed by atoms with Crippen LogP contribution in [0.2, 0.25) is 0 Å². The largest absolute Gasteiger partial charge is 0.480 e. The zero-order chi connectivity index (χ0) is 12.7. The van der Waals surface area contributed by atoms with Crippen molar-refractivity contribution in [1.82, 2.24) is 9.99 Å². The number of fused-ring (bicyclic) bond motifs is 1. The van der Waals surface area contributed by atoms with Gasteiger partial charge in [0.25, 0.3) is 0 Å². The van der Waals surface area contributed by atoms with Crippen molar-refractivity contribution in [3.8, 4) is 0 Å². The van der Waals surface area contributed by atoms with Crippen LogP contribution >= 0.6 is 0 Å². The highest BCUT2D eigenvalue weighted by molar-refractivity contribution is 5.78. The second-order valence-corrected chi connectivity index (χ2v) is 3.52. The second-order valence-electron chi connectivity index (χ2n) is 3.52. The summed E-state index contributed by atoms with van der Waals surface area (Å²) in [4.78, 5) is 13.0. The average Bonchev–Trinajstić information content (AvgIpc) is 2.76. The van der Waals surface area contributed by atoms with Gasteiger partial charge in [0, 0.05) is 18.3 Å². The maximum absolute atomic E-state index is 9.85. The van der Waals surface area contributed by atoms with Crippen LogP contribution in [-0.2, 0) is 4.79 Å². The molecule has 0 aliphatic rings. The Kier molecular flexibility index (Phi) is 5.19. The summed E-state index contributed by atoms with van der Waals surface area (Å²) >= 11 is 0. The van der Waals surface area contributed by atoms with Gasteiger partial charge in [-0.1, -0.05) is 25.1 Å². The SMILES string of the molecule is CCN(N)CC(=O)O.c1ccc2[nH]ccc2c1. The molecule has 2 rings (SSSR count). The van der Waals surface area contributed by atoms with Crippen LogP contribution in [0.25, 0.3) is 10.9 Å². The van der Waals surface area contributed by atoms with Crippen LogP contribution in [-0.4, -0.2) is 34.2 Å². The number of carbonyl (C=O) groups is 1. The summed E-state index contributed by atoms with van der Waals surface area (Å²) in [7, 11) is 0. The van der Waals surface area contributed by atoms with Crippen molar-refractivity contribution in [2.24, 2.45) is 5.84 Å². The first-order valence-corrected chi connectivity index (χ1v) is 5.37. The van der Waals surface area contributed by atoms with Crippen molar-refractivity contribution in [1.29, 1.82) is 0 Å². The molecule has 2 aromatic rings. The van der Waals surface area contributed by atoms with E-state index in [1.165, 1.54) is 15.9 Å². The number of aromatic nitrogens is 1. The lowest BCUT2D eigenvalue weighted by Gasteiger charge is -2.07. The Balaban J connectivity index is 0.000000172. The first-order valence-electron chi connectivity index (χ1n) is 5.37. The van der Waals surface area contributed by atoms with E-state index in [4.69, 9.17) is 10.9 Å². The van der Waals surface area contributed by atoms with Crippen molar-refractivity contribution >= 4 is 16.9 Å². The highest BCUT2D eigenvalue weighted by Crippen LogP contribution is 2.09. The molecule has 17 heavy (non-hydrogen) atoms. The molecular formula is C12H17N3O2. The number of rotatable bonds is 3. The maximum Gasteiger partial charge on any atom is 0.319 e. The molecule has 4 N–H and O–H groups in total. The minimum Gasteiger partial charge on any atom is -0.480 e. The molecular weight excluding hydrogens is 218 g/mol. The predicted molar refractivity (Wildman–Crippen MR) is 67.4 cm³/mol. The number of carboxylic acids is 1. The van der Waals surface area contributed by atoms with Crippen molar-refractivity contribution in [3.63, 3.8) is 0 Å².